The van der Waals surface area contributed by atoms with Gasteiger partial charge in [-0.2, -0.15) is 0 Å². The smallest absolute Gasteiger partial charge is 0.335 e. The summed E-state index contributed by atoms with van der Waals surface area (Å²) in [6.07, 6.45) is 1.25. The van der Waals surface area contributed by atoms with Crippen LogP contribution in [0.2, 0.25) is 0 Å². The summed E-state index contributed by atoms with van der Waals surface area (Å²) in [6.45, 7) is 5.55. The third-order valence-corrected chi connectivity index (χ3v) is 2.72. The van der Waals surface area contributed by atoms with E-state index in [4.69, 9.17) is 5.11 Å². The second-order valence-electron chi connectivity index (χ2n) is 3.55. The number of phenols is 1. The molecule has 0 saturated carbocycles. The van der Waals surface area contributed by atoms with Gasteiger partial charge < -0.3 is 10.2 Å². The van der Waals surface area contributed by atoms with Crippen molar-refractivity contribution in [2.75, 3.05) is 0 Å². The number of rotatable bonds is 3. The highest BCUT2D eigenvalue weighted by Gasteiger charge is 2.16. The Morgan fingerprint density at radius 3 is 2.33 bits per heavy atom. The summed E-state index contributed by atoms with van der Waals surface area (Å²) in [6, 6.07) is 1.57. The fourth-order valence-corrected chi connectivity index (χ4v) is 1.83. The largest absolute Gasteiger partial charge is 0.507 e. The van der Waals surface area contributed by atoms with Crippen molar-refractivity contribution < 1.29 is 15.0 Å². The van der Waals surface area contributed by atoms with Crippen LogP contribution in [0.15, 0.2) is 6.07 Å². The van der Waals surface area contributed by atoms with Crippen LogP contribution < -0.4 is 0 Å². The third kappa shape index (κ3) is 1.96. The van der Waals surface area contributed by atoms with E-state index in [-0.39, 0.29) is 5.75 Å². The van der Waals surface area contributed by atoms with Crippen molar-refractivity contribution in [1.82, 2.24) is 0 Å². The molecule has 15 heavy (non-hydrogen) atoms. The molecule has 82 valence electrons. The molecule has 2 N–H and O–H groups in total. The summed E-state index contributed by atoms with van der Waals surface area (Å²) in [5, 5.41) is 18.9. The third-order valence-electron chi connectivity index (χ3n) is 2.72. The molecule has 0 spiro atoms. The Morgan fingerprint density at radius 1 is 1.33 bits per heavy atom. The maximum absolute atomic E-state index is 11.0. The Labute approximate surface area is 89.4 Å². The van der Waals surface area contributed by atoms with Crippen LogP contribution >= 0.6 is 0 Å². The fraction of sp³-hybridized carbons (Fsp3) is 0.417. The van der Waals surface area contributed by atoms with E-state index in [1.807, 2.05) is 13.8 Å². The van der Waals surface area contributed by atoms with Gasteiger partial charge in [-0.25, -0.2) is 4.79 Å². The van der Waals surface area contributed by atoms with Crippen LogP contribution in [0.4, 0.5) is 0 Å². The molecular formula is C12H16O3. The number of aromatic hydroxyl groups is 1. The molecule has 0 radical (unpaired) electrons. The van der Waals surface area contributed by atoms with Crippen molar-refractivity contribution in [3.63, 3.8) is 0 Å². The van der Waals surface area contributed by atoms with E-state index < -0.39 is 5.97 Å². The first-order chi connectivity index (χ1) is 7.02. The molecule has 0 aliphatic carbocycles. The number of carboxylic acid groups (broad SMARTS) is 1. The molecule has 1 rings (SSSR count). The summed E-state index contributed by atoms with van der Waals surface area (Å²) in [7, 11) is 0. The zero-order chi connectivity index (χ0) is 11.6. The lowest BCUT2D eigenvalue weighted by molar-refractivity contribution is 0.0695. The number of carboxylic acids is 1. The number of carbonyl (C=O) groups is 1. The summed E-state index contributed by atoms with van der Waals surface area (Å²) in [5.41, 5.74) is 2.42. The molecule has 1 aromatic carbocycles. The molecule has 3 nitrogen and oxygen atoms in total. The minimum absolute atomic E-state index is 0.236. The number of hydrogen-bond acceptors (Lipinski definition) is 2. The van der Waals surface area contributed by atoms with Crippen LogP contribution in [0.1, 0.15) is 40.9 Å². The van der Waals surface area contributed by atoms with Gasteiger partial charge in [0.1, 0.15) is 5.75 Å². The van der Waals surface area contributed by atoms with Crippen molar-refractivity contribution in [1.29, 1.82) is 0 Å². The molecule has 0 aliphatic rings. The van der Waals surface area contributed by atoms with Crippen molar-refractivity contribution in [3.8, 4) is 5.75 Å². The van der Waals surface area contributed by atoms with Gasteiger partial charge in [0.25, 0.3) is 0 Å². The lowest BCUT2D eigenvalue weighted by atomic mass is 9.94. The molecule has 0 saturated heterocycles. The summed E-state index contributed by atoms with van der Waals surface area (Å²) in [4.78, 5) is 11.0. The first kappa shape index (κ1) is 11.6. The zero-order valence-electron chi connectivity index (χ0n) is 9.29. The molecule has 0 atom stereocenters. The first-order valence-electron chi connectivity index (χ1n) is 5.10. The van der Waals surface area contributed by atoms with Crippen molar-refractivity contribution >= 4 is 5.97 Å². The van der Waals surface area contributed by atoms with Gasteiger partial charge in [-0.1, -0.05) is 13.8 Å². The number of aromatic carboxylic acids is 1. The molecular weight excluding hydrogens is 192 g/mol. The summed E-state index contributed by atoms with van der Waals surface area (Å²) in [5.74, 6) is -0.691. The van der Waals surface area contributed by atoms with E-state index >= 15 is 0 Å². The number of aryl methyl sites for hydroxylation is 1. The number of phenolic OH excluding ortho intramolecular Hbond substituents is 1. The maximum atomic E-state index is 11.0. The van der Waals surface area contributed by atoms with Crippen molar-refractivity contribution in [2.45, 2.75) is 33.6 Å². The van der Waals surface area contributed by atoms with Gasteiger partial charge in [0, 0.05) is 0 Å². The Kier molecular flexibility index (Phi) is 3.35. The summed E-state index contributed by atoms with van der Waals surface area (Å²) < 4.78 is 0. The Balaban J connectivity index is 3.51. The predicted octanol–water partition coefficient (Wildman–Crippen LogP) is 2.52. The highest BCUT2D eigenvalue weighted by Crippen LogP contribution is 2.29. The first-order valence-corrected chi connectivity index (χ1v) is 5.10. The lowest BCUT2D eigenvalue weighted by Gasteiger charge is -2.13. The molecule has 0 aliphatic heterocycles. The Bertz CT molecular complexity index is 394. The standard InChI is InChI=1S/C12H16O3/c1-4-8-6-10(12(14)15)9(5-2)7(3)11(8)13/h6,13H,4-5H2,1-3H3,(H,14,15). The number of benzene rings is 1. The van der Waals surface area contributed by atoms with Crippen molar-refractivity contribution in [2.24, 2.45) is 0 Å². The van der Waals surface area contributed by atoms with Crippen LogP contribution in [-0.2, 0) is 12.8 Å². The van der Waals surface area contributed by atoms with Gasteiger partial charge in [0.2, 0.25) is 0 Å². The lowest BCUT2D eigenvalue weighted by Crippen LogP contribution is -2.05. The van der Waals surface area contributed by atoms with Gasteiger partial charge in [-0.3, -0.25) is 0 Å². The molecule has 0 heterocycles. The van der Waals surface area contributed by atoms with Crippen molar-refractivity contribution in [3.05, 3.63) is 28.3 Å². The van der Waals surface area contributed by atoms with E-state index in [0.29, 0.717) is 29.5 Å². The van der Waals surface area contributed by atoms with Gasteiger partial charge in [0.15, 0.2) is 0 Å². The normalized spacial score (nSPS) is 10.3. The van der Waals surface area contributed by atoms with Crippen LogP contribution in [0, 0.1) is 6.92 Å². The van der Waals surface area contributed by atoms with Crippen LogP contribution in [0.25, 0.3) is 0 Å². The maximum Gasteiger partial charge on any atom is 0.335 e. The van der Waals surface area contributed by atoms with E-state index in [9.17, 15) is 9.90 Å². The molecule has 0 amide bonds. The molecule has 0 aromatic heterocycles. The van der Waals surface area contributed by atoms with E-state index in [1.54, 1.807) is 13.0 Å². The fourth-order valence-electron chi connectivity index (χ4n) is 1.83. The zero-order valence-corrected chi connectivity index (χ0v) is 9.29. The Hall–Kier alpha value is -1.51. The van der Waals surface area contributed by atoms with Crippen LogP contribution in [0.5, 0.6) is 5.75 Å². The van der Waals surface area contributed by atoms with E-state index in [0.717, 1.165) is 5.56 Å². The topological polar surface area (TPSA) is 57.5 Å². The quantitative estimate of drug-likeness (QED) is 0.802. The minimum Gasteiger partial charge on any atom is -0.507 e. The summed E-state index contributed by atoms with van der Waals surface area (Å²) >= 11 is 0. The van der Waals surface area contributed by atoms with Gasteiger partial charge in [-0.15, -0.1) is 0 Å². The molecule has 0 unspecified atom stereocenters. The second kappa shape index (κ2) is 4.34. The van der Waals surface area contributed by atoms with Crippen LogP contribution in [0.3, 0.4) is 0 Å². The van der Waals surface area contributed by atoms with E-state index in [2.05, 4.69) is 0 Å². The monoisotopic (exact) mass is 208 g/mol. The average molecular weight is 208 g/mol. The average Bonchev–Trinajstić information content (AvgIpc) is 2.21. The molecule has 0 bridgehead atoms. The second-order valence-corrected chi connectivity index (χ2v) is 3.55. The minimum atomic E-state index is -0.926. The molecule has 0 fully saturated rings. The SMILES string of the molecule is CCc1cc(C(=O)O)c(CC)c(C)c1O. The van der Waals surface area contributed by atoms with Gasteiger partial charge in [-0.05, 0) is 42.5 Å². The van der Waals surface area contributed by atoms with Gasteiger partial charge >= 0.3 is 5.97 Å². The molecule has 1 aromatic rings. The Morgan fingerprint density at radius 2 is 1.93 bits per heavy atom. The number of hydrogen-bond donors (Lipinski definition) is 2. The van der Waals surface area contributed by atoms with Crippen LogP contribution in [-0.4, -0.2) is 16.2 Å². The van der Waals surface area contributed by atoms with E-state index in [1.165, 1.54) is 0 Å². The molecule has 3 heteroatoms. The van der Waals surface area contributed by atoms with Gasteiger partial charge in [0.05, 0.1) is 5.56 Å². The highest BCUT2D eigenvalue weighted by atomic mass is 16.4. The predicted molar refractivity (Wildman–Crippen MR) is 58.6 cm³/mol. The highest BCUT2D eigenvalue weighted by molar-refractivity contribution is 5.90.